The van der Waals surface area contributed by atoms with Crippen LogP contribution in [-0.4, -0.2) is 48.8 Å². The van der Waals surface area contributed by atoms with Gasteiger partial charge in [-0.25, -0.2) is 14.8 Å². The van der Waals surface area contributed by atoms with E-state index in [1.807, 2.05) is 42.4 Å². The van der Waals surface area contributed by atoms with Crippen LogP contribution < -0.4 is 5.32 Å². The number of urea groups is 1. The van der Waals surface area contributed by atoms with Gasteiger partial charge in [0.15, 0.2) is 0 Å². The van der Waals surface area contributed by atoms with E-state index < -0.39 is 0 Å². The minimum atomic E-state index is -0.0440. The summed E-state index contributed by atoms with van der Waals surface area (Å²) in [7, 11) is 0. The molecule has 8 heteroatoms. The van der Waals surface area contributed by atoms with E-state index in [9.17, 15) is 4.79 Å². The summed E-state index contributed by atoms with van der Waals surface area (Å²) in [4.78, 5) is 23.4. The van der Waals surface area contributed by atoms with Gasteiger partial charge in [-0.15, -0.1) is 0 Å². The predicted molar refractivity (Wildman–Crippen MR) is 109 cm³/mol. The lowest BCUT2D eigenvalue weighted by molar-refractivity contribution is 0.175. The fraction of sp³-hybridized carbons (Fsp3) is 0.429. The molecule has 2 N–H and O–H groups in total. The number of piperidine rings is 1. The lowest BCUT2D eigenvalue weighted by atomic mass is 9.96. The van der Waals surface area contributed by atoms with Crippen LogP contribution in [0.3, 0.4) is 0 Å². The molecule has 1 saturated heterocycles. The van der Waals surface area contributed by atoms with Gasteiger partial charge in [-0.05, 0) is 31.7 Å². The maximum Gasteiger partial charge on any atom is 0.317 e. The summed E-state index contributed by atoms with van der Waals surface area (Å²) in [6.45, 7) is 4.24. The Balaban J connectivity index is 1.38. The molecule has 0 bridgehead atoms. The average Bonchev–Trinajstić information content (AvgIpc) is 3.44. The average molecular weight is 393 g/mol. The molecule has 3 heterocycles. The highest BCUT2D eigenvalue weighted by Crippen LogP contribution is 2.26. The zero-order chi connectivity index (χ0) is 20.1. The van der Waals surface area contributed by atoms with Crippen molar-refractivity contribution in [2.75, 3.05) is 13.1 Å². The van der Waals surface area contributed by atoms with Crippen molar-refractivity contribution in [2.45, 2.75) is 44.7 Å². The highest BCUT2D eigenvalue weighted by Gasteiger charge is 2.26. The smallest absolute Gasteiger partial charge is 0.317 e. The van der Waals surface area contributed by atoms with E-state index >= 15 is 0 Å². The number of hydrogen-bond donors (Lipinski definition) is 2. The van der Waals surface area contributed by atoms with E-state index in [-0.39, 0.29) is 12.1 Å². The van der Waals surface area contributed by atoms with Crippen LogP contribution in [-0.2, 0) is 6.54 Å². The van der Waals surface area contributed by atoms with Gasteiger partial charge in [0, 0.05) is 37.9 Å². The van der Waals surface area contributed by atoms with Gasteiger partial charge in [0.25, 0.3) is 0 Å². The number of carbonyl (C=O) groups is 1. The molecule has 1 atom stereocenters. The van der Waals surface area contributed by atoms with E-state index in [0.717, 1.165) is 56.1 Å². The third-order valence-electron chi connectivity index (χ3n) is 5.68. The Morgan fingerprint density at radius 2 is 2.03 bits per heavy atom. The Hall–Kier alpha value is -3.16. The normalized spacial score (nSPS) is 16.0. The number of hydrogen-bond acceptors (Lipinski definition) is 4. The SMILES string of the molecule is Cc1nccn1CCC(NC(=O)N1CCC(c2ncn[nH]2)CC1)c1ccccc1. The van der Waals surface area contributed by atoms with E-state index in [1.54, 1.807) is 6.33 Å². The Labute approximate surface area is 170 Å². The first-order chi connectivity index (χ1) is 14.2. The van der Waals surface area contributed by atoms with Crippen molar-refractivity contribution in [3.8, 4) is 0 Å². The summed E-state index contributed by atoms with van der Waals surface area (Å²) in [6, 6.07) is 10.1. The summed E-state index contributed by atoms with van der Waals surface area (Å²) < 4.78 is 2.12. The van der Waals surface area contributed by atoms with Crippen LogP contribution in [0.1, 0.15) is 48.4 Å². The molecule has 8 nitrogen and oxygen atoms in total. The molecular weight excluding hydrogens is 366 g/mol. The van der Waals surface area contributed by atoms with Gasteiger partial charge < -0.3 is 14.8 Å². The number of aryl methyl sites for hydroxylation is 2. The molecule has 3 aromatic rings. The second-order valence-electron chi connectivity index (χ2n) is 7.50. The van der Waals surface area contributed by atoms with Crippen molar-refractivity contribution in [2.24, 2.45) is 0 Å². The molecule has 1 unspecified atom stereocenters. The fourth-order valence-electron chi connectivity index (χ4n) is 3.92. The topological polar surface area (TPSA) is 91.7 Å². The third-order valence-corrected chi connectivity index (χ3v) is 5.68. The number of imidazole rings is 1. The number of aromatic nitrogens is 5. The monoisotopic (exact) mass is 393 g/mol. The van der Waals surface area contributed by atoms with Crippen LogP contribution in [0.4, 0.5) is 4.79 Å². The number of aromatic amines is 1. The Morgan fingerprint density at radius 3 is 2.69 bits per heavy atom. The molecule has 29 heavy (non-hydrogen) atoms. The maximum atomic E-state index is 13.0. The number of H-pyrrole nitrogens is 1. The van der Waals surface area contributed by atoms with Gasteiger partial charge in [-0.3, -0.25) is 5.10 Å². The molecule has 2 amide bonds. The molecule has 4 rings (SSSR count). The lowest BCUT2D eigenvalue weighted by Gasteiger charge is -2.32. The number of rotatable bonds is 6. The molecule has 152 valence electrons. The van der Waals surface area contributed by atoms with E-state index in [0.29, 0.717) is 5.92 Å². The minimum absolute atomic E-state index is 0.00257. The summed E-state index contributed by atoms with van der Waals surface area (Å²) in [5.41, 5.74) is 1.12. The summed E-state index contributed by atoms with van der Waals surface area (Å²) >= 11 is 0. The number of amides is 2. The second kappa shape index (κ2) is 8.89. The van der Waals surface area contributed by atoms with Crippen LogP contribution in [0.5, 0.6) is 0 Å². The van der Waals surface area contributed by atoms with Crippen LogP contribution in [0.25, 0.3) is 0 Å². The van der Waals surface area contributed by atoms with E-state index in [2.05, 4.69) is 42.2 Å². The first kappa shape index (κ1) is 19.2. The van der Waals surface area contributed by atoms with Crippen molar-refractivity contribution in [3.05, 3.63) is 66.3 Å². The largest absolute Gasteiger partial charge is 0.335 e. The second-order valence-corrected chi connectivity index (χ2v) is 7.50. The molecule has 2 aromatic heterocycles. The third kappa shape index (κ3) is 4.64. The Kier molecular flexibility index (Phi) is 5.88. The zero-order valence-electron chi connectivity index (χ0n) is 16.7. The first-order valence-corrected chi connectivity index (χ1v) is 10.1. The van der Waals surface area contributed by atoms with Gasteiger partial charge in [-0.2, -0.15) is 5.10 Å². The van der Waals surface area contributed by atoms with Crippen LogP contribution in [0.15, 0.2) is 49.1 Å². The molecule has 0 spiro atoms. The van der Waals surface area contributed by atoms with Gasteiger partial charge in [0.05, 0.1) is 6.04 Å². The number of likely N-dealkylation sites (tertiary alicyclic amines) is 1. The van der Waals surface area contributed by atoms with Crippen molar-refractivity contribution in [1.29, 1.82) is 0 Å². The zero-order valence-corrected chi connectivity index (χ0v) is 16.7. The van der Waals surface area contributed by atoms with Crippen molar-refractivity contribution in [1.82, 2.24) is 34.9 Å². The molecule has 1 aliphatic rings. The van der Waals surface area contributed by atoms with Crippen molar-refractivity contribution >= 4 is 6.03 Å². The molecule has 0 saturated carbocycles. The number of nitrogens with zero attached hydrogens (tertiary/aromatic N) is 5. The van der Waals surface area contributed by atoms with Crippen LogP contribution in [0.2, 0.25) is 0 Å². The molecular formula is C21H27N7O. The standard InChI is InChI=1S/C21H27N7O/c1-16-22-10-14-27(16)13-9-19(17-5-3-2-4-6-17)25-21(29)28-11-7-18(8-12-28)20-23-15-24-26-20/h2-6,10,14-15,18-19H,7-9,11-13H2,1H3,(H,25,29)(H,23,24,26). The molecule has 0 radical (unpaired) electrons. The highest BCUT2D eigenvalue weighted by atomic mass is 16.2. The van der Waals surface area contributed by atoms with Crippen LogP contribution >= 0.6 is 0 Å². The lowest BCUT2D eigenvalue weighted by Crippen LogP contribution is -2.45. The summed E-state index contributed by atoms with van der Waals surface area (Å²) in [5.74, 6) is 2.25. The van der Waals surface area contributed by atoms with Crippen molar-refractivity contribution in [3.63, 3.8) is 0 Å². The number of benzene rings is 1. The van der Waals surface area contributed by atoms with Gasteiger partial charge in [0.2, 0.25) is 0 Å². The van der Waals surface area contributed by atoms with Gasteiger partial charge >= 0.3 is 6.03 Å². The van der Waals surface area contributed by atoms with Crippen molar-refractivity contribution < 1.29 is 4.79 Å². The van der Waals surface area contributed by atoms with Gasteiger partial charge in [0.1, 0.15) is 18.0 Å². The Bertz CT molecular complexity index is 898. The molecule has 1 fully saturated rings. The molecule has 0 aliphatic carbocycles. The molecule has 1 aliphatic heterocycles. The predicted octanol–water partition coefficient (Wildman–Crippen LogP) is 3.03. The highest BCUT2D eigenvalue weighted by molar-refractivity contribution is 5.74. The van der Waals surface area contributed by atoms with Gasteiger partial charge in [-0.1, -0.05) is 30.3 Å². The van der Waals surface area contributed by atoms with Crippen LogP contribution in [0, 0.1) is 6.92 Å². The summed E-state index contributed by atoms with van der Waals surface area (Å²) in [5, 5.41) is 10.1. The number of carbonyl (C=O) groups excluding carboxylic acids is 1. The number of nitrogens with one attached hydrogen (secondary N) is 2. The summed E-state index contributed by atoms with van der Waals surface area (Å²) in [6.07, 6.45) is 7.93. The Morgan fingerprint density at radius 1 is 1.24 bits per heavy atom. The van der Waals surface area contributed by atoms with E-state index in [1.165, 1.54) is 0 Å². The quantitative estimate of drug-likeness (QED) is 0.673. The minimum Gasteiger partial charge on any atom is -0.335 e. The molecule has 1 aromatic carbocycles. The van der Waals surface area contributed by atoms with E-state index in [4.69, 9.17) is 0 Å². The fourth-order valence-corrected chi connectivity index (χ4v) is 3.92. The first-order valence-electron chi connectivity index (χ1n) is 10.1. The maximum absolute atomic E-state index is 13.0.